The molecular weight excluding hydrogens is 138 g/mol. The molecule has 54 valence electrons. The Hall–Kier alpha value is 0.210. The molecule has 0 aromatic heterocycles. The van der Waals surface area contributed by atoms with Crippen molar-refractivity contribution in [1.29, 1.82) is 0 Å². The monoisotopic (exact) mass is 149 g/mol. The van der Waals surface area contributed by atoms with Gasteiger partial charge in [0.1, 0.15) is 0 Å². The maximum absolute atomic E-state index is 9.18. The molecule has 2 aliphatic rings. The largest absolute Gasteiger partial charge is 0.391 e. The molecule has 2 bridgehead atoms. The molecule has 2 fully saturated rings. The lowest BCUT2D eigenvalue weighted by molar-refractivity contribution is 0.118. The normalized spacial score (nSPS) is 47.0. The molecule has 2 rings (SSSR count). The fourth-order valence-corrected chi connectivity index (χ4v) is 1.76. The predicted octanol–water partition coefficient (Wildman–Crippen LogP) is 0.105. The third-order valence-electron chi connectivity index (χ3n) is 2.30. The first-order chi connectivity index (χ1) is 3.86. The summed E-state index contributed by atoms with van der Waals surface area (Å²) in [6.07, 6.45) is 1.23. The van der Waals surface area contributed by atoms with Crippen molar-refractivity contribution >= 4 is 12.4 Å². The summed E-state index contributed by atoms with van der Waals surface area (Å²) in [5, 5.41) is 9.18. The van der Waals surface area contributed by atoms with Gasteiger partial charge in [0.25, 0.3) is 0 Å². The number of rotatable bonds is 0. The van der Waals surface area contributed by atoms with E-state index in [9.17, 15) is 5.11 Å². The molecular formula is C6H12ClNO. The number of hydrogen-bond donors (Lipinski definition) is 1. The Labute approximate surface area is 61.3 Å². The van der Waals surface area contributed by atoms with Gasteiger partial charge in [0.15, 0.2) is 0 Å². The number of nitrogens with zero attached hydrogens (tertiary/aromatic N) is 1. The summed E-state index contributed by atoms with van der Waals surface area (Å²) in [6, 6.07) is 0. The molecule has 2 aliphatic heterocycles. The molecule has 0 radical (unpaired) electrons. The molecule has 2 heterocycles. The minimum absolute atomic E-state index is 0. The number of aliphatic hydroxyl groups is 1. The SMILES string of the molecule is Cl.OC1CN2CCC1C2. The van der Waals surface area contributed by atoms with Crippen molar-refractivity contribution in [3.63, 3.8) is 0 Å². The summed E-state index contributed by atoms with van der Waals surface area (Å²) in [6.45, 7) is 3.31. The van der Waals surface area contributed by atoms with Crippen molar-refractivity contribution in [2.75, 3.05) is 19.6 Å². The summed E-state index contributed by atoms with van der Waals surface area (Å²) >= 11 is 0. The summed E-state index contributed by atoms with van der Waals surface area (Å²) in [5.74, 6) is 0.620. The molecule has 0 aromatic carbocycles. The highest BCUT2D eigenvalue weighted by Gasteiger charge is 2.36. The fourth-order valence-electron chi connectivity index (χ4n) is 1.76. The lowest BCUT2D eigenvalue weighted by atomic mass is 10.0. The van der Waals surface area contributed by atoms with Crippen LogP contribution in [0.5, 0.6) is 0 Å². The summed E-state index contributed by atoms with van der Waals surface area (Å²) < 4.78 is 0. The highest BCUT2D eigenvalue weighted by atomic mass is 35.5. The molecule has 0 spiro atoms. The third kappa shape index (κ3) is 1.07. The van der Waals surface area contributed by atoms with E-state index < -0.39 is 0 Å². The van der Waals surface area contributed by atoms with E-state index in [-0.39, 0.29) is 18.5 Å². The first-order valence-electron chi connectivity index (χ1n) is 3.26. The van der Waals surface area contributed by atoms with Crippen LogP contribution in [-0.2, 0) is 0 Å². The second kappa shape index (κ2) is 2.45. The second-order valence-electron chi connectivity index (χ2n) is 2.88. The number of hydrogen-bond acceptors (Lipinski definition) is 2. The van der Waals surface area contributed by atoms with Crippen LogP contribution in [0.2, 0.25) is 0 Å². The van der Waals surface area contributed by atoms with E-state index in [0.29, 0.717) is 5.92 Å². The molecule has 0 saturated carbocycles. The fraction of sp³-hybridized carbons (Fsp3) is 1.00. The summed E-state index contributed by atoms with van der Waals surface area (Å²) in [5.41, 5.74) is 0. The molecule has 3 atom stereocenters. The molecule has 3 heteroatoms. The van der Waals surface area contributed by atoms with Crippen LogP contribution in [0.15, 0.2) is 0 Å². The summed E-state index contributed by atoms with van der Waals surface area (Å²) in [4.78, 5) is 2.33. The third-order valence-corrected chi connectivity index (χ3v) is 2.30. The van der Waals surface area contributed by atoms with Crippen molar-refractivity contribution in [2.45, 2.75) is 12.5 Å². The Kier molecular flexibility index (Phi) is 1.99. The predicted molar refractivity (Wildman–Crippen MR) is 37.8 cm³/mol. The van der Waals surface area contributed by atoms with Crippen LogP contribution in [0.1, 0.15) is 6.42 Å². The molecule has 2 saturated heterocycles. The Morgan fingerprint density at radius 3 is 2.33 bits per heavy atom. The molecule has 3 unspecified atom stereocenters. The average molecular weight is 150 g/mol. The van der Waals surface area contributed by atoms with Gasteiger partial charge in [0, 0.05) is 19.0 Å². The van der Waals surface area contributed by atoms with E-state index in [2.05, 4.69) is 4.90 Å². The Bertz CT molecular complexity index is 107. The van der Waals surface area contributed by atoms with Crippen molar-refractivity contribution in [3.05, 3.63) is 0 Å². The van der Waals surface area contributed by atoms with Crippen LogP contribution >= 0.6 is 12.4 Å². The van der Waals surface area contributed by atoms with Gasteiger partial charge in [-0.25, -0.2) is 0 Å². The van der Waals surface area contributed by atoms with E-state index in [1.165, 1.54) is 13.0 Å². The molecule has 9 heavy (non-hydrogen) atoms. The number of piperidine rings is 1. The number of aliphatic hydroxyl groups excluding tert-OH is 1. The van der Waals surface area contributed by atoms with Crippen LogP contribution in [0.3, 0.4) is 0 Å². The minimum atomic E-state index is 0. The second-order valence-corrected chi connectivity index (χ2v) is 2.88. The highest BCUT2D eigenvalue weighted by molar-refractivity contribution is 5.85. The minimum Gasteiger partial charge on any atom is -0.391 e. The van der Waals surface area contributed by atoms with Crippen LogP contribution in [0.25, 0.3) is 0 Å². The molecule has 2 nitrogen and oxygen atoms in total. The van der Waals surface area contributed by atoms with E-state index in [4.69, 9.17) is 0 Å². The van der Waals surface area contributed by atoms with Crippen LogP contribution in [0.4, 0.5) is 0 Å². The Morgan fingerprint density at radius 2 is 2.11 bits per heavy atom. The maximum Gasteiger partial charge on any atom is 0.0707 e. The van der Waals surface area contributed by atoms with Crippen LogP contribution in [0, 0.1) is 5.92 Å². The van der Waals surface area contributed by atoms with E-state index in [1.54, 1.807) is 0 Å². The van der Waals surface area contributed by atoms with Crippen LogP contribution < -0.4 is 0 Å². The maximum atomic E-state index is 9.18. The quantitative estimate of drug-likeness (QED) is 0.529. The molecule has 0 amide bonds. The van der Waals surface area contributed by atoms with Crippen LogP contribution in [-0.4, -0.2) is 35.7 Å². The van der Waals surface area contributed by atoms with Gasteiger partial charge >= 0.3 is 0 Å². The zero-order chi connectivity index (χ0) is 5.56. The Balaban J connectivity index is 0.000000405. The molecule has 0 aliphatic carbocycles. The zero-order valence-electron chi connectivity index (χ0n) is 5.29. The first kappa shape index (κ1) is 7.32. The molecule has 1 N–H and O–H groups in total. The van der Waals surface area contributed by atoms with Crippen molar-refractivity contribution in [1.82, 2.24) is 4.90 Å². The summed E-state index contributed by atoms with van der Waals surface area (Å²) in [7, 11) is 0. The van der Waals surface area contributed by atoms with Gasteiger partial charge in [0.05, 0.1) is 6.10 Å². The number of fused-ring (bicyclic) bond motifs is 2. The highest BCUT2D eigenvalue weighted by Crippen LogP contribution is 2.27. The van der Waals surface area contributed by atoms with E-state index >= 15 is 0 Å². The van der Waals surface area contributed by atoms with E-state index in [1.807, 2.05) is 0 Å². The molecule has 0 aromatic rings. The lowest BCUT2D eigenvalue weighted by Crippen LogP contribution is -2.26. The van der Waals surface area contributed by atoms with Gasteiger partial charge in [-0.05, 0) is 13.0 Å². The average Bonchev–Trinajstić information content (AvgIpc) is 2.23. The smallest absolute Gasteiger partial charge is 0.0707 e. The van der Waals surface area contributed by atoms with Crippen molar-refractivity contribution < 1.29 is 5.11 Å². The lowest BCUT2D eigenvalue weighted by Gasteiger charge is -2.15. The number of halogens is 1. The zero-order valence-corrected chi connectivity index (χ0v) is 6.10. The van der Waals surface area contributed by atoms with Crippen molar-refractivity contribution in [2.24, 2.45) is 5.92 Å². The van der Waals surface area contributed by atoms with Gasteiger partial charge in [-0.1, -0.05) is 0 Å². The van der Waals surface area contributed by atoms with Gasteiger partial charge < -0.3 is 10.0 Å². The van der Waals surface area contributed by atoms with Gasteiger partial charge in [-0.15, -0.1) is 12.4 Å². The van der Waals surface area contributed by atoms with Crippen molar-refractivity contribution in [3.8, 4) is 0 Å². The standard InChI is InChI=1S/C6H11NO.ClH/c8-6-4-7-2-1-5(6)3-7;/h5-6,8H,1-4H2;1H. The van der Waals surface area contributed by atoms with Gasteiger partial charge in [-0.3, -0.25) is 0 Å². The first-order valence-corrected chi connectivity index (χ1v) is 3.26. The topological polar surface area (TPSA) is 23.5 Å². The van der Waals surface area contributed by atoms with Gasteiger partial charge in [-0.2, -0.15) is 0 Å². The van der Waals surface area contributed by atoms with Gasteiger partial charge in [0.2, 0.25) is 0 Å². The Morgan fingerprint density at radius 1 is 1.33 bits per heavy atom. The van der Waals surface area contributed by atoms with E-state index in [0.717, 1.165) is 13.1 Å².